The van der Waals surface area contributed by atoms with E-state index in [1.807, 2.05) is 0 Å². The molecule has 0 aliphatic heterocycles. The summed E-state index contributed by atoms with van der Waals surface area (Å²) in [6.45, 7) is 2.21. The summed E-state index contributed by atoms with van der Waals surface area (Å²) in [4.78, 5) is 3.85. The number of rotatable bonds is 4. The Labute approximate surface area is 119 Å². The SMILES string of the molecule is Cc1cc(F)ccc1CCNc1cc(C(F)(F)F)ccn1. The summed E-state index contributed by atoms with van der Waals surface area (Å²) < 4.78 is 50.6. The molecule has 0 radical (unpaired) electrons. The van der Waals surface area contributed by atoms with Gasteiger partial charge in [0.1, 0.15) is 11.6 Å². The lowest BCUT2D eigenvalue weighted by atomic mass is 10.1. The van der Waals surface area contributed by atoms with Crippen LogP contribution in [0.25, 0.3) is 0 Å². The first-order valence-corrected chi connectivity index (χ1v) is 6.38. The van der Waals surface area contributed by atoms with Crippen molar-refractivity contribution in [2.75, 3.05) is 11.9 Å². The summed E-state index contributed by atoms with van der Waals surface area (Å²) in [5.74, 6) is -0.131. The number of pyridine rings is 1. The normalized spacial score (nSPS) is 11.5. The van der Waals surface area contributed by atoms with Crippen molar-refractivity contribution in [2.24, 2.45) is 0 Å². The van der Waals surface area contributed by atoms with Crippen molar-refractivity contribution in [1.82, 2.24) is 4.98 Å². The number of aryl methyl sites for hydroxylation is 1. The average molecular weight is 298 g/mol. The van der Waals surface area contributed by atoms with Gasteiger partial charge >= 0.3 is 6.18 Å². The van der Waals surface area contributed by atoms with Crippen molar-refractivity contribution in [3.63, 3.8) is 0 Å². The van der Waals surface area contributed by atoms with E-state index in [9.17, 15) is 17.6 Å². The van der Waals surface area contributed by atoms with Gasteiger partial charge in [0.25, 0.3) is 0 Å². The van der Waals surface area contributed by atoms with Crippen molar-refractivity contribution in [1.29, 1.82) is 0 Å². The van der Waals surface area contributed by atoms with Gasteiger partial charge in [0.15, 0.2) is 0 Å². The second-order valence-corrected chi connectivity index (χ2v) is 4.68. The smallest absolute Gasteiger partial charge is 0.370 e. The summed E-state index contributed by atoms with van der Waals surface area (Å²) in [6.07, 6.45) is -2.69. The largest absolute Gasteiger partial charge is 0.416 e. The number of alkyl halides is 3. The van der Waals surface area contributed by atoms with E-state index in [4.69, 9.17) is 0 Å². The van der Waals surface area contributed by atoms with E-state index < -0.39 is 11.7 Å². The highest BCUT2D eigenvalue weighted by atomic mass is 19.4. The maximum atomic E-state index is 13.0. The first-order valence-electron chi connectivity index (χ1n) is 6.38. The molecule has 1 aromatic carbocycles. The first kappa shape index (κ1) is 15.3. The summed E-state index contributed by atoms with van der Waals surface area (Å²) in [7, 11) is 0. The Kier molecular flexibility index (Phi) is 4.45. The van der Waals surface area contributed by atoms with Gasteiger partial charge in [0.05, 0.1) is 5.56 Å². The number of nitrogens with zero attached hydrogens (tertiary/aromatic N) is 1. The van der Waals surface area contributed by atoms with E-state index in [1.165, 1.54) is 12.1 Å². The molecule has 112 valence electrons. The molecule has 6 heteroatoms. The predicted octanol–water partition coefficient (Wildman–Crippen LogP) is 4.20. The third kappa shape index (κ3) is 4.18. The Morgan fingerprint density at radius 2 is 1.90 bits per heavy atom. The Morgan fingerprint density at radius 1 is 1.14 bits per heavy atom. The van der Waals surface area contributed by atoms with Crippen molar-refractivity contribution in [3.05, 3.63) is 59.0 Å². The van der Waals surface area contributed by atoms with Crippen molar-refractivity contribution in [3.8, 4) is 0 Å². The lowest BCUT2D eigenvalue weighted by molar-refractivity contribution is -0.137. The molecule has 1 heterocycles. The molecule has 2 rings (SSSR count). The molecular formula is C15H14F4N2. The molecule has 2 aromatic rings. The maximum Gasteiger partial charge on any atom is 0.416 e. The molecule has 1 aromatic heterocycles. The number of aromatic nitrogens is 1. The fourth-order valence-electron chi connectivity index (χ4n) is 1.97. The highest BCUT2D eigenvalue weighted by molar-refractivity contribution is 5.39. The first-order chi connectivity index (χ1) is 9.86. The molecule has 0 bridgehead atoms. The molecule has 0 spiro atoms. The molecule has 0 aliphatic rings. The molecule has 0 amide bonds. The van der Waals surface area contributed by atoms with Crippen molar-refractivity contribution in [2.45, 2.75) is 19.5 Å². The number of halogens is 4. The van der Waals surface area contributed by atoms with Crippen molar-refractivity contribution >= 4 is 5.82 Å². The minimum atomic E-state index is -4.38. The van der Waals surface area contributed by atoms with Gasteiger partial charge in [-0.25, -0.2) is 9.37 Å². The van der Waals surface area contributed by atoms with Crippen LogP contribution in [0, 0.1) is 12.7 Å². The van der Waals surface area contributed by atoms with E-state index in [0.29, 0.717) is 13.0 Å². The van der Waals surface area contributed by atoms with Gasteiger partial charge in [0.2, 0.25) is 0 Å². The van der Waals surface area contributed by atoms with E-state index in [2.05, 4.69) is 10.3 Å². The molecular weight excluding hydrogens is 284 g/mol. The van der Waals surface area contributed by atoms with Crippen molar-refractivity contribution < 1.29 is 17.6 Å². The third-order valence-electron chi connectivity index (χ3n) is 3.09. The highest BCUT2D eigenvalue weighted by Gasteiger charge is 2.30. The van der Waals surface area contributed by atoms with Crippen LogP contribution < -0.4 is 5.32 Å². The van der Waals surface area contributed by atoms with Gasteiger partial charge in [0, 0.05) is 12.7 Å². The van der Waals surface area contributed by atoms with Gasteiger partial charge in [-0.1, -0.05) is 6.07 Å². The van der Waals surface area contributed by atoms with Crippen LogP contribution in [0.2, 0.25) is 0 Å². The van der Waals surface area contributed by atoms with Gasteiger partial charge < -0.3 is 5.32 Å². The Balaban J connectivity index is 1.97. The molecule has 0 atom stereocenters. The van der Waals surface area contributed by atoms with Crippen LogP contribution in [0.5, 0.6) is 0 Å². The number of nitrogens with one attached hydrogen (secondary N) is 1. The van der Waals surface area contributed by atoms with Crippen LogP contribution in [0.15, 0.2) is 36.5 Å². The Morgan fingerprint density at radius 3 is 2.57 bits per heavy atom. The van der Waals surface area contributed by atoms with E-state index in [0.717, 1.165) is 29.5 Å². The molecule has 0 saturated heterocycles. The average Bonchev–Trinajstić information content (AvgIpc) is 2.41. The molecule has 0 aliphatic carbocycles. The van der Waals surface area contributed by atoms with Crippen LogP contribution in [-0.4, -0.2) is 11.5 Å². The van der Waals surface area contributed by atoms with E-state index >= 15 is 0 Å². The summed E-state index contributed by atoms with van der Waals surface area (Å²) in [6, 6.07) is 6.36. The van der Waals surface area contributed by atoms with Crippen LogP contribution in [-0.2, 0) is 12.6 Å². The molecule has 0 saturated carbocycles. The predicted molar refractivity (Wildman–Crippen MR) is 72.6 cm³/mol. The lowest BCUT2D eigenvalue weighted by Gasteiger charge is -2.10. The molecule has 0 fully saturated rings. The molecule has 0 unspecified atom stereocenters. The zero-order chi connectivity index (χ0) is 15.5. The van der Waals surface area contributed by atoms with Gasteiger partial charge in [-0.15, -0.1) is 0 Å². The topological polar surface area (TPSA) is 24.9 Å². The van der Waals surface area contributed by atoms with Crippen LogP contribution in [0.4, 0.5) is 23.4 Å². The standard InChI is InChI=1S/C15H14F4N2/c1-10-8-13(16)3-2-11(10)4-6-20-14-9-12(5-7-21-14)15(17,18)19/h2-3,5,7-9H,4,6H2,1H3,(H,20,21). The Bertz CT molecular complexity index is 623. The Hall–Kier alpha value is -2.11. The zero-order valence-corrected chi connectivity index (χ0v) is 11.3. The number of hydrogen-bond acceptors (Lipinski definition) is 2. The van der Waals surface area contributed by atoms with Crippen LogP contribution in [0.3, 0.4) is 0 Å². The number of benzene rings is 1. The fraction of sp³-hybridized carbons (Fsp3) is 0.267. The summed E-state index contributed by atoms with van der Waals surface area (Å²) in [5, 5.41) is 2.84. The highest BCUT2D eigenvalue weighted by Crippen LogP contribution is 2.29. The third-order valence-corrected chi connectivity index (χ3v) is 3.09. The van der Waals surface area contributed by atoms with Gasteiger partial charge in [-0.05, 0) is 48.7 Å². The van der Waals surface area contributed by atoms with Gasteiger partial charge in [-0.3, -0.25) is 0 Å². The fourth-order valence-corrected chi connectivity index (χ4v) is 1.97. The minimum absolute atomic E-state index is 0.171. The van der Waals surface area contributed by atoms with Gasteiger partial charge in [-0.2, -0.15) is 13.2 Å². The second-order valence-electron chi connectivity index (χ2n) is 4.68. The van der Waals surface area contributed by atoms with E-state index in [-0.39, 0.29) is 11.6 Å². The summed E-state index contributed by atoms with van der Waals surface area (Å²) >= 11 is 0. The maximum absolute atomic E-state index is 13.0. The molecule has 21 heavy (non-hydrogen) atoms. The monoisotopic (exact) mass is 298 g/mol. The van der Waals surface area contributed by atoms with Crippen LogP contribution in [0.1, 0.15) is 16.7 Å². The molecule has 1 N–H and O–H groups in total. The minimum Gasteiger partial charge on any atom is -0.370 e. The second kappa shape index (κ2) is 6.11. The number of anilines is 1. The lowest BCUT2D eigenvalue weighted by Crippen LogP contribution is -2.10. The number of hydrogen-bond donors (Lipinski definition) is 1. The van der Waals surface area contributed by atoms with Crippen LogP contribution >= 0.6 is 0 Å². The zero-order valence-electron chi connectivity index (χ0n) is 11.3. The van der Waals surface area contributed by atoms with E-state index in [1.54, 1.807) is 13.0 Å². The summed E-state index contributed by atoms with van der Waals surface area (Å²) in [5.41, 5.74) is 1.02. The quantitative estimate of drug-likeness (QED) is 0.856. The molecule has 2 nitrogen and oxygen atoms in total.